The molecule has 0 saturated carbocycles. The van der Waals surface area contributed by atoms with Crippen LogP contribution in [0.1, 0.15) is 16.1 Å². The van der Waals surface area contributed by atoms with Gasteiger partial charge in [-0.05, 0) is 6.26 Å². The van der Waals surface area contributed by atoms with Gasteiger partial charge in [-0.2, -0.15) is 13.2 Å². The second-order valence-corrected chi connectivity index (χ2v) is 5.42. The van der Waals surface area contributed by atoms with Crippen LogP contribution >= 0.6 is 23.1 Å². The maximum atomic E-state index is 12.1. The van der Waals surface area contributed by atoms with Gasteiger partial charge in [-0.25, -0.2) is 0 Å². The van der Waals surface area contributed by atoms with Crippen LogP contribution in [0.4, 0.5) is 23.9 Å². The van der Waals surface area contributed by atoms with Gasteiger partial charge in [0.1, 0.15) is 9.88 Å². The van der Waals surface area contributed by atoms with Gasteiger partial charge in [-0.3, -0.25) is 4.79 Å². The van der Waals surface area contributed by atoms with Crippen molar-refractivity contribution in [2.75, 3.05) is 30.9 Å². The number of rotatable bonds is 5. The minimum atomic E-state index is -4.21. The van der Waals surface area contributed by atoms with E-state index in [0.29, 0.717) is 20.5 Å². The SMILES string of the molecule is CNC(=O)c1sc(NCCC(F)(F)F)c(SC)c1N. The largest absolute Gasteiger partial charge is 0.396 e. The summed E-state index contributed by atoms with van der Waals surface area (Å²) in [4.78, 5) is 12.5. The Balaban J connectivity index is 2.86. The van der Waals surface area contributed by atoms with E-state index in [2.05, 4.69) is 10.6 Å². The first-order chi connectivity index (χ1) is 8.80. The molecule has 1 heterocycles. The summed E-state index contributed by atoms with van der Waals surface area (Å²) in [6.45, 7) is -0.246. The molecule has 0 bridgehead atoms. The number of carbonyl (C=O) groups excluding carboxylic acids is 1. The number of thioether (sulfide) groups is 1. The van der Waals surface area contributed by atoms with Crippen molar-refractivity contribution in [1.29, 1.82) is 0 Å². The standard InChI is InChI=1S/C10H14F3N3OS2/c1-15-8(17)6-5(14)7(18-2)9(19-6)16-4-3-10(11,12)13/h16H,3-4,14H2,1-2H3,(H,15,17). The van der Waals surface area contributed by atoms with Crippen molar-refractivity contribution in [2.45, 2.75) is 17.5 Å². The van der Waals surface area contributed by atoms with E-state index in [4.69, 9.17) is 5.73 Å². The summed E-state index contributed by atoms with van der Waals surface area (Å²) in [5, 5.41) is 5.61. The highest BCUT2D eigenvalue weighted by Crippen LogP contribution is 2.41. The number of hydrogen-bond donors (Lipinski definition) is 3. The van der Waals surface area contributed by atoms with Crippen molar-refractivity contribution in [3.8, 4) is 0 Å². The summed E-state index contributed by atoms with van der Waals surface area (Å²) in [6, 6.07) is 0. The van der Waals surface area contributed by atoms with Gasteiger partial charge in [-0.15, -0.1) is 23.1 Å². The number of nitrogen functional groups attached to an aromatic ring is 1. The second-order valence-electron chi connectivity index (χ2n) is 3.58. The smallest absolute Gasteiger partial charge is 0.390 e. The van der Waals surface area contributed by atoms with Crippen LogP contribution in [0.25, 0.3) is 0 Å². The molecule has 0 fully saturated rings. The van der Waals surface area contributed by atoms with Crippen LogP contribution in [0, 0.1) is 0 Å². The number of nitrogens with two attached hydrogens (primary N) is 1. The zero-order valence-corrected chi connectivity index (χ0v) is 12.0. The number of alkyl halides is 3. The lowest BCUT2D eigenvalue weighted by Gasteiger charge is -2.08. The predicted molar refractivity (Wildman–Crippen MR) is 73.1 cm³/mol. The van der Waals surface area contributed by atoms with Gasteiger partial charge in [-0.1, -0.05) is 0 Å². The van der Waals surface area contributed by atoms with Gasteiger partial charge in [0, 0.05) is 13.6 Å². The third kappa shape index (κ3) is 4.20. The Morgan fingerprint density at radius 2 is 2.11 bits per heavy atom. The molecule has 1 rings (SSSR count). The van der Waals surface area contributed by atoms with Crippen LogP contribution in [-0.2, 0) is 0 Å². The molecule has 4 N–H and O–H groups in total. The summed E-state index contributed by atoms with van der Waals surface area (Å²) in [7, 11) is 1.47. The van der Waals surface area contributed by atoms with Crippen molar-refractivity contribution in [2.24, 2.45) is 0 Å². The number of hydrogen-bond acceptors (Lipinski definition) is 5. The fourth-order valence-electron chi connectivity index (χ4n) is 1.35. The highest BCUT2D eigenvalue weighted by atomic mass is 32.2. The van der Waals surface area contributed by atoms with Crippen LogP contribution in [-0.4, -0.2) is 31.9 Å². The first kappa shape index (κ1) is 16.0. The van der Waals surface area contributed by atoms with Crippen molar-refractivity contribution < 1.29 is 18.0 Å². The maximum Gasteiger partial charge on any atom is 0.390 e. The predicted octanol–water partition coefficient (Wildman–Crippen LogP) is 2.78. The quantitative estimate of drug-likeness (QED) is 0.731. The number of anilines is 2. The molecule has 9 heteroatoms. The Morgan fingerprint density at radius 1 is 1.47 bits per heavy atom. The molecule has 0 spiro atoms. The Bertz CT molecular complexity index is 460. The van der Waals surface area contributed by atoms with E-state index in [9.17, 15) is 18.0 Å². The highest BCUT2D eigenvalue weighted by molar-refractivity contribution is 7.99. The molecule has 1 amide bonds. The molecular formula is C10H14F3N3OS2. The van der Waals surface area contributed by atoms with Gasteiger partial charge < -0.3 is 16.4 Å². The number of amides is 1. The van der Waals surface area contributed by atoms with E-state index in [1.807, 2.05) is 0 Å². The maximum absolute atomic E-state index is 12.1. The van der Waals surface area contributed by atoms with Crippen molar-refractivity contribution >= 4 is 39.7 Å². The zero-order chi connectivity index (χ0) is 14.6. The average molecular weight is 313 g/mol. The first-order valence-corrected chi connectivity index (χ1v) is 7.33. The van der Waals surface area contributed by atoms with E-state index in [1.165, 1.54) is 18.8 Å². The third-order valence-corrected chi connectivity index (χ3v) is 4.35. The molecule has 0 atom stereocenters. The summed E-state index contributed by atoms with van der Waals surface area (Å²) in [5.74, 6) is -0.346. The minimum Gasteiger partial charge on any atom is -0.396 e. The van der Waals surface area contributed by atoms with Crippen molar-refractivity contribution in [1.82, 2.24) is 5.32 Å². The van der Waals surface area contributed by atoms with Gasteiger partial charge in [0.25, 0.3) is 5.91 Å². The monoisotopic (exact) mass is 313 g/mol. The number of carbonyl (C=O) groups is 1. The van der Waals surface area contributed by atoms with Gasteiger partial charge in [0.2, 0.25) is 0 Å². The first-order valence-electron chi connectivity index (χ1n) is 5.29. The number of nitrogens with one attached hydrogen (secondary N) is 2. The van der Waals surface area contributed by atoms with Crippen molar-refractivity contribution in [3.05, 3.63) is 4.88 Å². The number of halogens is 3. The molecule has 0 saturated heterocycles. The molecule has 19 heavy (non-hydrogen) atoms. The Labute approximate surface area is 116 Å². The molecule has 1 aromatic rings. The Kier molecular flexibility index (Phi) is 5.36. The minimum absolute atomic E-state index is 0.246. The Morgan fingerprint density at radius 3 is 2.58 bits per heavy atom. The molecule has 0 aliphatic rings. The van der Waals surface area contributed by atoms with Crippen LogP contribution in [0.15, 0.2) is 4.90 Å². The fraction of sp³-hybridized carbons (Fsp3) is 0.500. The summed E-state index contributed by atoms with van der Waals surface area (Å²) < 4.78 is 36.2. The normalized spacial score (nSPS) is 11.4. The molecule has 108 valence electrons. The molecule has 0 radical (unpaired) electrons. The summed E-state index contributed by atoms with van der Waals surface area (Å²) in [6.07, 6.45) is -3.39. The van der Waals surface area contributed by atoms with Crippen LogP contribution < -0.4 is 16.4 Å². The fourth-order valence-corrected chi connectivity index (χ4v) is 3.35. The third-order valence-electron chi connectivity index (χ3n) is 2.23. The van der Waals surface area contributed by atoms with Gasteiger partial charge in [0.15, 0.2) is 0 Å². The van der Waals surface area contributed by atoms with E-state index in [0.717, 1.165) is 11.3 Å². The molecule has 0 aliphatic heterocycles. The van der Waals surface area contributed by atoms with E-state index in [-0.39, 0.29) is 12.5 Å². The van der Waals surface area contributed by atoms with E-state index < -0.39 is 12.6 Å². The van der Waals surface area contributed by atoms with Crippen LogP contribution in [0.5, 0.6) is 0 Å². The second kappa shape index (κ2) is 6.38. The van der Waals surface area contributed by atoms with E-state index in [1.54, 1.807) is 6.26 Å². The number of thiophene rings is 1. The van der Waals surface area contributed by atoms with Gasteiger partial charge >= 0.3 is 6.18 Å². The zero-order valence-electron chi connectivity index (χ0n) is 10.4. The van der Waals surface area contributed by atoms with Crippen molar-refractivity contribution in [3.63, 3.8) is 0 Å². The molecular weight excluding hydrogens is 299 g/mol. The molecule has 1 aromatic heterocycles. The average Bonchev–Trinajstić information content (AvgIpc) is 2.63. The lowest BCUT2D eigenvalue weighted by molar-refractivity contribution is -0.131. The molecule has 0 unspecified atom stereocenters. The molecule has 4 nitrogen and oxygen atoms in total. The van der Waals surface area contributed by atoms with Crippen LogP contribution in [0.3, 0.4) is 0 Å². The van der Waals surface area contributed by atoms with Gasteiger partial charge in [0.05, 0.1) is 17.0 Å². The summed E-state index contributed by atoms with van der Waals surface area (Å²) in [5.41, 5.74) is 6.11. The molecule has 0 aliphatic carbocycles. The lowest BCUT2D eigenvalue weighted by atomic mass is 10.3. The topological polar surface area (TPSA) is 67.2 Å². The summed E-state index contributed by atoms with van der Waals surface area (Å²) >= 11 is 2.35. The van der Waals surface area contributed by atoms with Crippen LogP contribution in [0.2, 0.25) is 0 Å². The highest BCUT2D eigenvalue weighted by Gasteiger charge is 2.27. The Hall–Kier alpha value is -1.09. The molecule has 0 aromatic carbocycles. The lowest BCUT2D eigenvalue weighted by Crippen LogP contribution is -2.17. The van der Waals surface area contributed by atoms with E-state index >= 15 is 0 Å².